The fourth-order valence-electron chi connectivity index (χ4n) is 2.40. The minimum atomic E-state index is -3.16. The molecule has 0 unspecified atom stereocenters. The normalized spacial score (nSPS) is 21.6. The van der Waals surface area contributed by atoms with Crippen molar-refractivity contribution in [3.05, 3.63) is 23.7 Å². The summed E-state index contributed by atoms with van der Waals surface area (Å²) >= 11 is 0. The Morgan fingerprint density at radius 1 is 1.43 bits per heavy atom. The molecule has 2 atom stereocenters. The van der Waals surface area contributed by atoms with Gasteiger partial charge in [0.25, 0.3) is 5.91 Å². The van der Waals surface area contributed by atoms with Crippen molar-refractivity contribution in [3.8, 4) is 0 Å². The first-order valence-corrected chi connectivity index (χ1v) is 9.31. The number of nitrogens with zero attached hydrogens (tertiary/aromatic N) is 1. The van der Waals surface area contributed by atoms with E-state index in [1.165, 1.54) is 0 Å². The highest BCUT2D eigenvalue weighted by Gasteiger charge is 2.36. The summed E-state index contributed by atoms with van der Waals surface area (Å²) in [5.74, 6) is 1.43. The molecular weight excluding hydrogens is 290 g/mol. The van der Waals surface area contributed by atoms with E-state index in [-0.39, 0.29) is 23.5 Å². The third-order valence-electron chi connectivity index (χ3n) is 3.87. The quantitative estimate of drug-likeness (QED) is 0.808. The fraction of sp³-hybridized carbons (Fsp3) is 0.667. The van der Waals surface area contributed by atoms with Crippen LogP contribution < -0.4 is 0 Å². The average molecular weight is 313 g/mol. The van der Waals surface area contributed by atoms with Crippen LogP contribution in [0.5, 0.6) is 0 Å². The summed E-state index contributed by atoms with van der Waals surface area (Å²) in [6.45, 7) is 6.88. The van der Waals surface area contributed by atoms with Crippen LogP contribution in [0.3, 0.4) is 0 Å². The van der Waals surface area contributed by atoms with E-state index < -0.39 is 9.84 Å². The summed E-state index contributed by atoms with van der Waals surface area (Å²) in [4.78, 5) is 14.3. The highest BCUT2D eigenvalue weighted by atomic mass is 32.2. The van der Waals surface area contributed by atoms with Crippen molar-refractivity contribution in [2.45, 2.75) is 39.0 Å². The fourth-order valence-corrected chi connectivity index (χ4v) is 3.08. The number of furan rings is 1. The zero-order chi connectivity index (χ0) is 15.8. The Kier molecular flexibility index (Phi) is 4.46. The number of hydrogen-bond donors (Lipinski definition) is 0. The maximum absolute atomic E-state index is 12.5. The molecule has 0 bridgehead atoms. The molecule has 0 radical (unpaired) electrons. The van der Waals surface area contributed by atoms with E-state index in [0.29, 0.717) is 17.6 Å². The molecule has 1 heterocycles. The lowest BCUT2D eigenvalue weighted by atomic mass is 10.2. The van der Waals surface area contributed by atoms with Gasteiger partial charge < -0.3 is 9.32 Å². The number of amides is 1. The van der Waals surface area contributed by atoms with Gasteiger partial charge in [-0.2, -0.15) is 0 Å². The summed E-state index contributed by atoms with van der Waals surface area (Å²) in [6, 6.07) is 3.22. The van der Waals surface area contributed by atoms with Crippen LogP contribution in [0.25, 0.3) is 0 Å². The van der Waals surface area contributed by atoms with Gasteiger partial charge in [-0.05, 0) is 44.2 Å². The van der Waals surface area contributed by atoms with Crippen LogP contribution in [0.4, 0.5) is 0 Å². The largest absolute Gasteiger partial charge is 0.455 e. The smallest absolute Gasteiger partial charge is 0.289 e. The number of sulfone groups is 1. The highest BCUT2D eigenvalue weighted by Crippen LogP contribution is 2.38. The van der Waals surface area contributed by atoms with E-state index in [1.807, 2.05) is 13.8 Å². The van der Waals surface area contributed by atoms with E-state index in [9.17, 15) is 13.2 Å². The molecule has 0 saturated heterocycles. The number of hydrogen-bond acceptors (Lipinski definition) is 4. The van der Waals surface area contributed by atoms with Gasteiger partial charge >= 0.3 is 0 Å². The Labute approximate surface area is 126 Å². The Morgan fingerprint density at radius 3 is 2.52 bits per heavy atom. The summed E-state index contributed by atoms with van der Waals surface area (Å²) in [7, 11) is -3.16. The van der Waals surface area contributed by atoms with Gasteiger partial charge in [-0.3, -0.25) is 4.79 Å². The van der Waals surface area contributed by atoms with Crippen LogP contribution in [-0.4, -0.2) is 38.1 Å². The van der Waals surface area contributed by atoms with Crippen molar-refractivity contribution < 1.29 is 17.6 Å². The van der Waals surface area contributed by atoms with Crippen molar-refractivity contribution in [2.24, 2.45) is 11.8 Å². The maximum Gasteiger partial charge on any atom is 0.289 e. The molecule has 6 heteroatoms. The molecule has 1 aromatic heterocycles. The highest BCUT2D eigenvalue weighted by molar-refractivity contribution is 7.89. The predicted molar refractivity (Wildman–Crippen MR) is 80.7 cm³/mol. The summed E-state index contributed by atoms with van der Waals surface area (Å²) < 4.78 is 27.9. The number of rotatable bonds is 6. The standard InChI is InChI=1S/C15H23NO4S/c1-10(2)16(8-12-7-11(12)3)15(17)14-6-5-13(20-14)9-21(4,18)19/h5-6,10-12H,7-9H2,1-4H3/t11-,12-/m1/s1. The minimum Gasteiger partial charge on any atom is -0.455 e. The second-order valence-electron chi connectivity index (χ2n) is 6.36. The van der Waals surface area contributed by atoms with Crippen LogP contribution in [0, 0.1) is 11.8 Å². The Bertz CT molecular complexity index is 617. The molecule has 0 spiro atoms. The third-order valence-corrected chi connectivity index (χ3v) is 4.68. The first kappa shape index (κ1) is 16.1. The van der Waals surface area contributed by atoms with Crippen molar-refractivity contribution in [3.63, 3.8) is 0 Å². The van der Waals surface area contributed by atoms with Gasteiger partial charge in [0.1, 0.15) is 11.5 Å². The topological polar surface area (TPSA) is 67.6 Å². The number of carbonyl (C=O) groups is 1. The second kappa shape index (κ2) is 5.83. The van der Waals surface area contributed by atoms with Gasteiger partial charge in [-0.15, -0.1) is 0 Å². The van der Waals surface area contributed by atoms with E-state index in [0.717, 1.165) is 19.2 Å². The molecular formula is C15H23NO4S. The van der Waals surface area contributed by atoms with E-state index in [2.05, 4.69) is 6.92 Å². The van der Waals surface area contributed by atoms with E-state index in [1.54, 1.807) is 17.0 Å². The molecule has 0 aliphatic heterocycles. The molecule has 21 heavy (non-hydrogen) atoms. The molecule has 1 aliphatic carbocycles. The van der Waals surface area contributed by atoms with E-state index in [4.69, 9.17) is 4.42 Å². The Morgan fingerprint density at radius 2 is 2.05 bits per heavy atom. The van der Waals surface area contributed by atoms with Gasteiger partial charge in [-0.25, -0.2) is 8.42 Å². The molecule has 2 rings (SSSR count). The molecule has 5 nitrogen and oxygen atoms in total. The van der Waals surface area contributed by atoms with Crippen LogP contribution in [0.1, 0.15) is 43.5 Å². The molecule has 1 amide bonds. The summed E-state index contributed by atoms with van der Waals surface area (Å²) in [6.07, 6.45) is 2.31. The van der Waals surface area contributed by atoms with Crippen molar-refractivity contribution >= 4 is 15.7 Å². The molecule has 1 aromatic rings. The van der Waals surface area contributed by atoms with Gasteiger partial charge in [0.05, 0.1) is 0 Å². The van der Waals surface area contributed by atoms with Crippen LogP contribution >= 0.6 is 0 Å². The molecule has 1 aliphatic rings. The number of carbonyl (C=O) groups excluding carboxylic acids is 1. The molecule has 1 saturated carbocycles. The summed E-state index contributed by atoms with van der Waals surface area (Å²) in [5, 5.41) is 0. The van der Waals surface area contributed by atoms with Crippen LogP contribution in [0.2, 0.25) is 0 Å². The first-order chi connectivity index (χ1) is 9.67. The SMILES string of the molecule is CC(C)N(C[C@H]1C[C@H]1C)C(=O)c1ccc(CS(C)(=O)=O)o1. The van der Waals surface area contributed by atoms with Crippen molar-refractivity contribution in [1.82, 2.24) is 4.90 Å². The van der Waals surface area contributed by atoms with Gasteiger partial charge in [0.2, 0.25) is 0 Å². The molecule has 118 valence electrons. The van der Waals surface area contributed by atoms with Crippen molar-refractivity contribution in [1.29, 1.82) is 0 Å². The lowest BCUT2D eigenvalue weighted by Crippen LogP contribution is -2.38. The molecule has 1 fully saturated rings. The Balaban J connectivity index is 2.09. The van der Waals surface area contributed by atoms with Crippen LogP contribution in [0.15, 0.2) is 16.5 Å². The zero-order valence-corrected chi connectivity index (χ0v) is 13.8. The third kappa shape index (κ3) is 4.33. The van der Waals surface area contributed by atoms with Crippen LogP contribution in [-0.2, 0) is 15.6 Å². The minimum absolute atomic E-state index is 0.0914. The van der Waals surface area contributed by atoms with Crippen molar-refractivity contribution in [2.75, 3.05) is 12.8 Å². The van der Waals surface area contributed by atoms with Gasteiger partial charge in [0, 0.05) is 18.8 Å². The van der Waals surface area contributed by atoms with E-state index >= 15 is 0 Å². The zero-order valence-electron chi connectivity index (χ0n) is 13.0. The monoisotopic (exact) mass is 313 g/mol. The lowest BCUT2D eigenvalue weighted by molar-refractivity contribution is 0.0659. The average Bonchev–Trinajstić information content (AvgIpc) is 2.84. The predicted octanol–water partition coefficient (Wildman–Crippen LogP) is 2.33. The maximum atomic E-state index is 12.5. The first-order valence-electron chi connectivity index (χ1n) is 7.25. The van der Waals surface area contributed by atoms with Gasteiger partial charge in [0.15, 0.2) is 15.6 Å². The lowest BCUT2D eigenvalue weighted by Gasteiger charge is -2.26. The summed E-state index contributed by atoms with van der Waals surface area (Å²) in [5.41, 5.74) is 0. The Hall–Kier alpha value is -1.30. The second-order valence-corrected chi connectivity index (χ2v) is 8.50. The molecule has 0 aromatic carbocycles. The molecule has 0 N–H and O–H groups in total. The van der Waals surface area contributed by atoms with Gasteiger partial charge in [-0.1, -0.05) is 6.92 Å².